The lowest BCUT2D eigenvalue weighted by molar-refractivity contribution is 0.439. The second-order valence-electron chi connectivity index (χ2n) is 4.47. The SMILES string of the molecule is CNC(C)CC(C)Cc1cc(F)ccc1Cl. The first-order valence-electron chi connectivity index (χ1n) is 5.64. The average molecular weight is 244 g/mol. The molecule has 3 heteroatoms. The molecule has 1 rings (SSSR count). The highest BCUT2D eigenvalue weighted by Crippen LogP contribution is 2.22. The van der Waals surface area contributed by atoms with Crippen molar-refractivity contribution in [1.29, 1.82) is 0 Å². The molecule has 0 heterocycles. The topological polar surface area (TPSA) is 12.0 Å². The van der Waals surface area contributed by atoms with E-state index in [1.807, 2.05) is 7.05 Å². The summed E-state index contributed by atoms with van der Waals surface area (Å²) < 4.78 is 13.1. The number of rotatable bonds is 5. The standard InChI is InChI=1S/C13H19ClFN/c1-9(6-10(2)16-3)7-11-8-12(15)4-5-13(11)14/h4-5,8-10,16H,6-7H2,1-3H3. The minimum Gasteiger partial charge on any atom is -0.317 e. The Kier molecular flexibility index (Phi) is 5.23. The number of benzene rings is 1. The molecule has 1 aromatic carbocycles. The molecule has 0 spiro atoms. The molecule has 0 aromatic heterocycles. The molecular weight excluding hydrogens is 225 g/mol. The van der Waals surface area contributed by atoms with E-state index in [9.17, 15) is 4.39 Å². The molecule has 16 heavy (non-hydrogen) atoms. The lowest BCUT2D eigenvalue weighted by atomic mass is 9.95. The summed E-state index contributed by atoms with van der Waals surface area (Å²) in [5.41, 5.74) is 0.900. The van der Waals surface area contributed by atoms with Crippen molar-refractivity contribution in [3.63, 3.8) is 0 Å². The van der Waals surface area contributed by atoms with E-state index in [0.29, 0.717) is 17.0 Å². The molecule has 0 aliphatic heterocycles. The lowest BCUT2D eigenvalue weighted by Gasteiger charge is -2.17. The molecule has 0 amide bonds. The smallest absolute Gasteiger partial charge is 0.123 e. The Morgan fingerprint density at radius 3 is 2.69 bits per heavy atom. The van der Waals surface area contributed by atoms with Crippen LogP contribution in [0.1, 0.15) is 25.8 Å². The predicted octanol–water partition coefficient (Wildman–Crippen LogP) is 3.66. The van der Waals surface area contributed by atoms with Crippen molar-refractivity contribution in [2.45, 2.75) is 32.7 Å². The van der Waals surface area contributed by atoms with Crippen LogP contribution in [-0.2, 0) is 6.42 Å². The third kappa shape index (κ3) is 4.11. The van der Waals surface area contributed by atoms with E-state index in [4.69, 9.17) is 11.6 Å². The number of halogens is 2. The normalized spacial score (nSPS) is 14.8. The van der Waals surface area contributed by atoms with E-state index >= 15 is 0 Å². The van der Waals surface area contributed by atoms with Gasteiger partial charge in [0.05, 0.1) is 0 Å². The Morgan fingerprint density at radius 1 is 1.38 bits per heavy atom. The molecule has 1 aromatic rings. The number of hydrogen-bond donors (Lipinski definition) is 1. The molecule has 0 bridgehead atoms. The Balaban J connectivity index is 2.61. The van der Waals surface area contributed by atoms with Gasteiger partial charge in [-0.2, -0.15) is 0 Å². The largest absolute Gasteiger partial charge is 0.317 e. The van der Waals surface area contributed by atoms with Crippen molar-refractivity contribution in [3.05, 3.63) is 34.6 Å². The van der Waals surface area contributed by atoms with E-state index in [1.54, 1.807) is 6.07 Å². The number of hydrogen-bond acceptors (Lipinski definition) is 1. The highest BCUT2D eigenvalue weighted by atomic mass is 35.5. The summed E-state index contributed by atoms with van der Waals surface area (Å²) >= 11 is 6.03. The molecule has 0 saturated carbocycles. The molecular formula is C13H19ClFN. The maximum Gasteiger partial charge on any atom is 0.123 e. The van der Waals surface area contributed by atoms with Crippen molar-refractivity contribution >= 4 is 11.6 Å². The highest BCUT2D eigenvalue weighted by Gasteiger charge is 2.10. The maximum absolute atomic E-state index is 13.1. The summed E-state index contributed by atoms with van der Waals surface area (Å²) in [6.45, 7) is 4.30. The van der Waals surface area contributed by atoms with E-state index < -0.39 is 0 Å². The fraction of sp³-hybridized carbons (Fsp3) is 0.538. The van der Waals surface area contributed by atoms with Crippen LogP contribution in [-0.4, -0.2) is 13.1 Å². The van der Waals surface area contributed by atoms with Gasteiger partial charge in [-0.05, 0) is 56.5 Å². The molecule has 1 N–H and O–H groups in total. The van der Waals surface area contributed by atoms with E-state index in [0.717, 1.165) is 18.4 Å². The predicted molar refractivity (Wildman–Crippen MR) is 67.4 cm³/mol. The summed E-state index contributed by atoms with van der Waals surface area (Å²) in [6, 6.07) is 5.03. The minimum absolute atomic E-state index is 0.215. The van der Waals surface area contributed by atoms with Crippen LogP contribution < -0.4 is 5.32 Å². The first-order valence-corrected chi connectivity index (χ1v) is 6.02. The van der Waals surface area contributed by atoms with Crippen molar-refractivity contribution in [2.75, 3.05) is 7.05 Å². The van der Waals surface area contributed by atoms with Gasteiger partial charge in [-0.1, -0.05) is 18.5 Å². The molecule has 0 aliphatic rings. The van der Waals surface area contributed by atoms with Gasteiger partial charge in [-0.15, -0.1) is 0 Å². The van der Waals surface area contributed by atoms with Gasteiger partial charge in [0.15, 0.2) is 0 Å². The summed E-state index contributed by atoms with van der Waals surface area (Å²) in [5, 5.41) is 3.86. The summed E-state index contributed by atoms with van der Waals surface area (Å²) in [6.07, 6.45) is 1.88. The quantitative estimate of drug-likeness (QED) is 0.832. The first kappa shape index (κ1) is 13.5. The van der Waals surface area contributed by atoms with Crippen LogP contribution in [0, 0.1) is 11.7 Å². The van der Waals surface area contributed by atoms with Gasteiger partial charge in [0, 0.05) is 11.1 Å². The zero-order valence-electron chi connectivity index (χ0n) is 10.1. The Labute approximate surface area is 102 Å². The monoisotopic (exact) mass is 243 g/mol. The van der Waals surface area contributed by atoms with Crippen LogP contribution in [0.15, 0.2) is 18.2 Å². The lowest BCUT2D eigenvalue weighted by Crippen LogP contribution is -2.24. The van der Waals surface area contributed by atoms with Crippen molar-refractivity contribution in [2.24, 2.45) is 5.92 Å². The van der Waals surface area contributed by atoms with Gasteiger partial charge in [0.1, 0.15) is 5.82 Å². The summed E-state index contributed by atoms with van der Waals surface area (Å²) in [7, 11) is 1.95. The van der Waals surface area contributed by atoms with Gasteiger partial charge in [-0.25, -0.2) is 4.39 Å². The Morgan fingerprint density at radius 2 is 2.06 bits per heavy atom. The third-order valence-corrected chi connectivity index (χ3v) is 3.19. The van der Waals surface area contributed by atoms with Crippen molar-refractivity contribution in [1.82, 2.24) is 5.32 Å². The van der Waals surface area contributed by atoms with Crippen LogP contribution >= 0.6 is 11.6 Å². The molecule has 90 valence electrons. The fourth-order valence-corrected chi connectivity index (χ4v) is 2.07. The molecule has 2 atom stereocenters. The molecule has 1 nitrogen and oxygen atoms in total. The maximum atomic E-state index is 13.1. The van der Waals surface area contributed by atoms with Crippen LogP contribution in [0.2, 0.25) is 5.02 Å². The molecule has 0 radical (unpaired) electrons. The molecule has 2 unspecified atom stereocenters. The molecule has 0 aliphatic carbocycles. The van der Waals surface area contributed by atoms with Gasteiger partial charge in [0.25, 0.3) is 0 Å². The van der Waals surface area contributed by atoms with Gasteiger partial charge < -0.3 is 5.32 Å². The first-order chi connectivity index (χ1) is 7.52. The zero-order valence-corrected chi connectivity index (χ0v) is 10.8. The van der Waals surface area contributed by atoms with Crippen LogP contribution in [0.5, 0.6) is 0 Å². The Hall–Kier alpha value is -0.600. The summed E-state index contributed by atoms with van der Waals surface area (Å²) in [4.78, 5) is 0. The van der Waals surface area contributed by atoms with Crippen LogP contribution in [0.25, 0.3) is 0 Å². The second-order valence-corrected chi connectivity index (χ2v) is 4.88. The zero-order chi connectivity index (χ0) is 12.1. The fourth-order valence-electron chi connectivity index (χ4n) is 1.88. The minimum atomic E-state index is -0.215. The average Bonchev–Trinajstić information content (AvgIpc) is 2.23. The second kappa shape index (κ2) is 6.21. The van der Waals surface area contributed by atoms with Gasteiger partial charge >= 0.3 is 0 Å². The van der Waals surface area contributed by atoms with Crippen molar-refractivity contribution in [3.8, 4) is 0 Å². The molecule has 0 saturated heterocycles. The number of nitrogens with one attached hydrogen (secondary N) is 1. The summed E-state index contributed by atoms with van der Waals surface area (Å²) in [5.74, 6) is 0.273. The van der Waals surface area contributed by atoms with Gasteiger partial charge in [-0.3, -0.25) is 0 Å². The van der Waals surface area contributed by atoms with Gasteiger partial charge in [0.2, 0.25) is 0 Å². The Bertz CT molecular complexity index is 341. The highest BCUT2D eigenvalue weighted by molar-refractivity contribution is 6.31. The van der Waals surface area contributed by atoms with E-state index in [2.05, 4.69) is 19.2 Å². The molecule has 0 fully saturated rings. The van der Waals surface area contributed by atoms with Crippen LogP contribution in [0.4, 0.5) is 4.39 Å². The van der Waals surface area contributed by atoms with E-state index in [-0.39, 0.29) is 5.82 Å². The van der Waals surface area contributed by atoms with Crippen LogP contribution in [0.3, 0.4) is 0 Å². The third-order valence-electron chi connectivity index (χ3n) is 2.82. The van der Waals surface area contributed by atoms with E-state index in [1.165, 1.54) is 12.1 Å². The van der Waals surface area contributed by atoms with Crippen molar-refractivity contribution < 1.29 is 4.39 Å².